The minimum absolute atomic E-state index is 0.0168. The van der Waals surface area contributed by atoms with E-state index < -0.39 is 29.6 Å². The van der Waals surface area contributed by atoms with Crippen molar-refractivity contribution in [1.82, 2.24) is 19.5 Å². The standard InChI is InChI=1S/C14H9F2N5O4/c15-14(16)21-5-6(1-2-7(21)22)8-9(12-18-3-4-25-12)20-11(17)10(19-8)13(23)24/h1-5,14H,(H2,17,20)(H,23,24). The van der Waals surface area contributed by atoms with Crippen molar-refractivity contribution in [2.45, 2.75) is 6.55 Å². The van der Waals surface area contributed by atoms with Gasteiger partial charge in [-0.05, 0) is 6.07 Å². The van der Waals surface area contributed by atoms with Gasteiger partial charge in [0.2, 0.25) is 5.89 Å². The van der Waals surface area contributed by atoms with Gasteiger partial charge in [0.1, 0.15) is 12.0 Å². The number of aromatic nitrogens is 4. The molecule has 0 bridgehead atoms. The molecule has 0 fully saturated rings. The van der Waals surface area contributed by atoms with Gasteiger partial charge in [-0.1, -0.05) is 0 Å². The smallest absolute Gasteiger partial charge is 0.358 e. The largest absolute Gasteiger partial charge is 0.476 e. The van der Waals surface area contributed by atoms with Crippen LogP contribution in [0.3, 0.4) is 0 Å². The van der Waals surface area contributed by atoms with Crippen LogP contribution in [-0.4, -0.2) is 30.6 Å². The van der Waals surface area contributed by atoms with Crippen LogP contribution in [-0.2, 0) is 0 Å². The molecule has 0 aromatic carbocycles. The summed E-state index contributed by atoms with van der Waals surface area (Å²) in [5.74, 6) is -1.89. The number of nitrogen functional groups attached to an aromatic ring is 1. The summed E-state index contributed by atoms with van der Waals surface area (Å²) in [6.07, 6.45) is 3.38. The summed E-state index contributed by atoms with van der Waals surface area (Å²) < 4.78 is 31.2. The molecule has 0 aliphatic rings. The summed E-state index contributed by atoms with van der Waals surface area (Å²) in [7, 11) is 0. The van der Waals surface area contributed by atoms with Crippen molar-refractivity contribution in [3.63, 3.8) is 0 Å². The van der Waals surface area contributed by atoms with Crippen molar-refractivity contribution >= 4 is 11.8 Å². The topological polar surface area (TPSA) is 137 Å². The van der Waals surface area contributed by atoms with E-state index in [-0.39, 0.29) is 27.4 Å². The molecule has 0 spiro atoms. The summed E-state index contributed by atoms with van der Waals surface area (Å²) in [5, 5.41) is 9.15. The Morgan fingerprint density at radius 3 is 2.64 bits per heavy atom. The van der Waals surface area contributed by atoms with Crippen LogP contribution in [0.4, 0.5) is 14.6 Å². The third kappa shape index (κ3) is 2.94. The number of hydrogen-bond acceptors (Lipinski definition) is 7. The Balaban J connectivity index is 2.30. The highest BCUT2D eigenvalue weighted by molar-refractivity contribution is 5.92. The first kappa shape index (κ1) is 16.2. The number of nitrogens with zero attached hydrogens (tertiary/aromatic N) is 4. The molecule has 0 unspecified atom stereocenters. The first-order valence-electron chi connectivity index (χ1n) is 6.70. The van der Waals surface area contributed by atoms with Crippen LogP contribution in [0.5, 0.6) is 0 Å². The third-order valence-electron chi connectivity index (χ3n) is 3.18. The van der Waals surface area contributed by atoms with E-state index >= 15 is 0 Å². The lowest BCUT2D eigenvalue weighted by molar-refractivity contribution is 0.0662. The molecule has 128 valence electrons. The number of carbonyl (C=O) groups is 1. The Morgan fingerprint density at radius 1 is 1.28 bits per heavy atom. The minimum Gasteiger partial charge on any atom is -0.476 e. The van der Waals surface area contributed by atoms with Gasteiger partial charge in [0.05, 0.1) is 6.20 Å². The Hall–Kier alpha value is -3.63. The molecule has 0 amide bonds. The molecule has 9 nitrogen and oxygen atoms in total. The van der Waals surface area contributed by atoms with Crippen molar-refractivity contribution in [2.24, 2.45) is 0 Å². The molecule has 0 aliphatic carbocycles. The van der Waals surface area contributed by atoms with E-state index in [0.29, 0.717) is 0 Å². The van der Waals surface area contributed by atoms with Crippen LogP contribution in [0.1, 0.15) is 17.0 Å². The molecular formula is C14H9F2N5O4. The zero-order valence-corrected chi connectivity index (χ0v) is 12.3. The number of pyridine rings is 1. The van der Waals surface area contributed by atoms with E-state index in [9.17, 15) is 18.4 Å². The van der Waals surface area contributed by atoms with Gasteiger partial charge in [0.25, 0.3) is 5.56 Å². The molecule has 0 aliphatic heterocycles. The van der Waals surface area contributed by atoms with Crippen LogP contribution in [0.2, 0.25) is 0 Å². The molecule has 3 aromatic rings. The number of alkyl halides is 2. The molecule has 0 saturated carbocycles. The Labute approximate surface area is 137 Å². The summed E-state index contributed by atoms with van der Waals surface area (Å²) in [6, 6.07) is 2.11. The van der Waals surface area contributed by atoms with E-state index in [4.69, 9.17) is 15.3 Å². The van der Waals surface area contributed by atoms with Crippen LogP contribution >= 0.6 is 0 Å². The van der Waals surface area contributed by atoms with Crippen LogP contribution < -0.4 is 11.3 Å². The second kappa shape index (κ2) is 6.11. The van der Waals surface area contributed by atoms with Crippen molar-refractivity contribution in [1.29, 1.82) is 0 Å². The molecular weight excluding hydrogens is 340 g/mol. The molecule has 0 atom stereocenters. The van der Waals surface area contributed by atoms with E-state index in [1.165, 1.54) is 18.5 Å². The van der Waals surface area contributed by atoms with E-state index in [1.807, 2.05) is 0 Å². The zero-order valence-electron chi connectivity index (χ0n) is 12.3. The van der Waals surface area contributed by atoms with Gasteiger partial charge in [-0.3, -0.25) is 9.36 Å². The molecule has 0 saturated heterocycles. The first-order valence-corrected chi connectivity index (χ1v) is 6.70. The summed E-state index contributed by atoms with van der Waals surface area (Å²) in [4.78, 5) is 34.4. The molecule has 3 heterocycles. The maximum Gasteiger partial charge on any atom is 0.358 e. The Morgan fingerprint density at radius 2 is 2.04 bits per heavy atom. The number of carboxylic acid groups (broad SMARTS) is 1. The van der Waals surface area contributed by atoms with Crippen LogP contribution in [0.25, 0.3) is 22.8 Å². The Bertz CT molecular complexity index is 1000. The van der Waals surface area contributed by atoms with Crippen LogP contribution in [0, 0.1) is 0 Å². The second-order valence-corrected chi connectivity index (χ2v) is 4.74. The number of nitrogens with two attached hydrogens (primary N) is 1. The average Bonchev–Trinajstić information content (AvgIpc) is 3.09. The molecule has 3 aromatic heterocycles. The minimum atomic E-state index is -3.08. The predicted octanol–water partition coefficient (Wildman–Crippen LogP) is 1.64. The monoisotopic (exact) mass is 349 g/mol. The highest BCUT2D eigenvalue weighted by atomic mass is 19.3. The third-order valence-corrected chi connectivity index (χ3v) is 3.18. The molecule has 3 rings (SSSR count). The summed E-state index contributed by atoms with van der Waals surface area (Å²) in [5.41, 5.74) is 3.92. The SMILES string of the molecule is Nc1nc(-c2ncco2)c(-c2ccc(=O)n(C(F)F)c2)nc1C(=O)O. The van der Waals surface area contributed by atoms with Crippen LogP contribution in [0.15, 0.2) is 40.0 Å². The lowest BCUT2D eigenvalue weighted by Gasteiger charge is -2.11. The van der Waals surface area contributed by atoms with Crippen molar-refractivity contribution in [3.05, 3.63) is 46.8 Å². The number of aromatic carboxylic acids is 1. The van der Waals surface area contributed by atoms with Gasteiger partial charge in [0.15, 0.2) is 17.2 Å². The summed E-state index contributed by atoms with van der Waals surface area (Å²) >= 11 is 0. The average molecular weight is 349 g/mol. The Kier molecular flexibility index (Phi) is 3.97. The molecule has 0 radical (unpaired) electrons. The predicted molar refractivity (Wildman–Crippen MR) is 79.8 cm³/mol. The van der Waals surface area contributed by atoms with Gasteiger partial charge in [0, 0.05) is 17.8 Å². The fourth-order valence-corrected chi connectivity index (χ4v) is 2.09. The van der Waals surface area contributed by atoms with E-state index in [2.05, 4.69) is 15.0 Å². The van der Waals surface area contributed by atoms with Gasteiger partial charge < -0.3 is 15.3 Å². The van der Waals surface area contributed by atoms with Gasteiger partial charge in [-0.15, -0.1) is 0 Å². The highest BCUT2D eigenvalue weighted by Crippen LogP contribution is 2.29. The van der Waals surface area contributed by atoms with Crippen molar-refractivity contribution < 1.29 is 23.1 Å². The normalized spacial score (nSPS) is 11.0. The van der Waals surface area contributed by atoms with Crippen molar-refractivity contribution in [3.8, 4) is 22.8 Å². The molecule has 11 heteroatoms. The second-order valence-electron chi connectivity index (χ2n) is 4.74. The zero-order chi connectivity index (χ0) is 18.1. The van der Waals surface area contributed by atoms with E-state index in [1.54, 1.807) is 0 Å². The summed E-state index contributed by atoms with van der Waals surface area (Å²) in [6.45, 7) is -3.08. The lowest BCUT2D eigenvalue weighted by atomic mass is 10.1. The molecule has 25 heavy (non-hydrogen) atoms. The van der Waals surface area contributed by atoms with E-state index in [0.717, 1.165) is 12.3 Å². The first-order chi connectivity index (χ1) is 11.9. The highest BCUT2D eigenvalue weighted by Gasteiger charge is 2.22. The number of oxazole rings is 1. The fourth-order valence-electron chi connectivity index (χ4n) is 2.09. The number of carboxylic acids is 1. The van der Waals surface area contributed by atoms with Gasteiger partial charge in [-0.25, -0.2) is 19.7 Å². The number of anilines is 1. The fraction of sp³-hybridized carbons (Fsp3) is 0.0714. The maximum atomic E-state index is 13.0. The maximum absolute atomic E-state index is 13.0. The molecule has 3 N–H and O–H groups in total. The van der Waals surface area contributed by atoms with Gasteiger partial charge in [-0.2, -0.15) is 8.78 Å². The number of halogens is 2. The quantitative estimate of drug-likeness (QED) is 0.725. The lowest BCUT2D eigenvalue weighted by Crippen LogP contribution is -2.19. The van der Waals surface area contributed by atoms with Crippen molar-refractivity contribution in [2.75, 3.05) is 5.73 Å². The number of rotatable bonds is 4. The van der Waals surface area contributed by atoms with Gasteiger partial charge >= 0.3 is 12.5 Å². The number of hydrogen-bond donors (Lipinski definition) is 2.